The van der Waals surface area contributed by atoms with E-state index in [0.29, 0.717) is 11.3 Å². The van der Waals surface area contributed by atoms with Crippen molar-refractivity contribution >= 4 is 17.5 Å². The molecule has 96 valence electrons. The standard InChI is InChI=1S/C15H14N2O2/c18-14(17-13-9-5-2-6-10-13)11-16-15(19)12-7-3-1-4-8-12/h1-10H,11H2,(H,16,19)(H,17,18). The molecule has 0 aliphatic carbocycles. The van der Waals surface area contributed by atoms with Crippen LogP contribution in [0.25, 0.3) is 0 Å². The Labute approximate surface area is 111 Å². The van der Waals surface area contributed by atoms with Crippen molar-refractivity contribution in [2.24, 2.45) is 0 Å². The molecule has 2 amide bonds. The highest BCUT2D eigenvalue weighted by Gasteiger charge is 2.07. The van der Waals surface area contributed by atoms with Crippen molar-refractivity contribution in [3.05, 3.63) is 66.2 Å². The van der Waals surface area contributed by atoms with E-state index in [1.165, 1.54) is 0 Å². The number of para-hydroxylation sites is 1. The highest BCUT2D eigenvalue weighted by Crippen LogP contribution is 2.04. The zero-order valence-corrected chi connectivity index (χ0v) is 10.3. The second-order valence-electron chi connectivity index (χ2n) is 3.96. The summed E-state index contributed by atoms with van der Waals surface area (Å²) in [5.74, 6) is -0.515. The number of amides is 2. The number of benzene rings is 2. The number of hydrogen-bond donors (Lipinski definition) is 2. The molecule has 0 saturated carbocycles. The van der Waals surface area contributed by atoms with Crippen molar-refractivity contribution in [1.82, 2.24) is 5.32 Å². The molecule has 0 fully saturated rings. The Kier molecular flexibility index (Phi) is 4.29. The van der Waals surface area contributed by atoms with E-state index < -0.39 is 0 Å². The maximum atomic E-state index is 11.7. The Morgan fingerprint density at radius 3 is 2.05 bits per heavy atom. The average molecular weight is 254 g/mol. The minimum atomic E-state index is -0.260. The lowest BCUT2D eigenvalue weighted by Crippen LogP contribution is -2.32. The monoisotopic (exact) mass is 254 g/mol. The van der Waals surface area contributed by atoms with Crippen LogP contribution in [0.4, 0.5) is 5.69 Å². The van der Waals surface area contributed by atoms with Gasteiger partial charge in [-0.1, -0.05) is 36.4 Å². The first-order valence-electron chi connectivity index (χ1n) is 5.94. The number of nitrogens with one attached hydrogen (secondary N) is 2. The Balaban J connectivity index is 1.83. The number of anilines is 1. The van der Waals surface area contributed by atoms with Gasteiger partial charge in [0, 0.05) is 11.3 Å². The van der Waals surface area contributed by atoms with Gasteiger partial charge in [0.15, 0.2) is 0 Å². The third-order valence-corrected chi connectivity index (χ3v) is 2.50. The van der Waals surface area contributed by atoms with Gasteiger partial charge < -0.3 is 10.6 Å². The van der Waals surface area contributed by atoms with Gasteiger partial charge in [0.25, 0.3) is 5.91 Å². The van der Waals surface area contributed by atoms with Crippen LogP contribution in [0.5, 0.6) is 0 Å². The Morgan fingerprint density at radius 2 is 1.42 bits per heavy atom. The highest BCUT2D eigenvalue weighted by atomic mass is 16.2. The first-order chi connectivity index (χ1) is 9.25. The van der Waals surface area contributed by atoms with Gasteiger partial charge in [0.1, 0.15) is 0 Å². The zero-order valence-electron chi connectivity index (χ0n) is 10.3. The van der Waals surface area contributed by atoms with Crippen LogP contribution in [0, 0.1) is 0 Å². The first kappa shape index (κ1) is 12.8. The summed E-state index contributed by atoms with van der Waals surface area (Å²) < 4.78 is 0. The SMILES string of the molecule is O=C(CNC(=O)c1ccccc1)Nc1ccccc1. The van der Waals surface area contributed by atoms with Gasteiger partial charge in [-0.05, 0) is 24.3 Å². The zero-order chi connectivity index (χ0) is 13.5. The molecule has 0 heterocycles. The van der Waals surface area contributed by atoms with Gasteiger partial charge in [-0.15, -0.1) is 0 Å². The molecular weight excluding hydrogens is 240 g/mol. The normalized spacial score (nSPS) is 9.68. The van der Waals surface area contributed by atoms with E-state index in [0.717, 1.165) is 0 Å². The predicted molar refractivity (Wildman–Crippen MR) is 73.8 cm³/mol. The molecule has 2 aromatic rings. The molecule has 0 saturated heterocycles. The second kappa shape index (κ2) is 6.35. The fourth-order valence-electron chi connectivity index (χ4n) is 1.58. The molecule has 0 atom stereocenters. The van der Waals surface area contributed by atoms with E-state index >= 15 is 0 Å². The molecule has 4 nitrogen and oxygen atoms in total. The van der Waals surface area contributed by atoms with E-state index in [2.05, 4.69) is 10.6 Å². The topological polar surface area (TPSA) is 58.2 Å². The maximum absolute atomic E-state index is 11.7. The smallest absolute Gasteiger partial charge is 0.251 e. The van der Waals surface area contributed by atoms with E-state index in [1.807, 2.05) is 24.3 Å². The largest absolute Gasteiger partial charge is 0.343 e. The van der Waals surface area contributed by atoms with Crippen molar-refractivity contribution in [3.8, 4) is 0 Å². The Morgan fingerprint density at radius 1 is 0.842 bits per heavy atom. The number of carbonyl (C=O) groups is 2. The summed E-state index contributed by atoms with van der Waals surface area (Å²) in [5.41, 5.74) is 1.25. The van der Waals surface area contributed by atoms with Crippen LogP contribution in [-0.2, 0) is 4.79 Å². The molecule has 0 aliphatic rings. The molecule has 0 aliphatic heterocycles. The Bertz CT molecular complexity index is 553. The summed E-state index contributed by atoms with van der Waals surface area (Å²) in [5, 5.41) is 5.26. The van der Waals surface area contributed by atoms with Crippen molar-refractivity contribution < 1.29 is 9.59 Å². The molecular formula is C15H14N2O2. The average Bonchev–Trinajstić information content (AvgIpc) is 2.47. The lowest BCUT2D eigenvalue weighted by atomic mass is 10.2. The number of rotatable bonds is 4. The molecule has 2 aromatic carbocycles. The van der Waals surface area contributed by atoms with Gasteiger partial charge in [0.2, 0.25) is 5.91 Å². The van der Waals surface area contributed by atoms with Crippen LogP contribution in [0.2, 0.25) is 0 Å². The molecule has 2 N–H and O–H groups in total. The number of carbonyl (C=O) groups excluding carboxylic acids is 2. The van der Waals surface area contributed by atoms with Gasteiger partial charge in [0.05, 0.1) is 6.54 Å². The van der Waals surface area contributed by atoms with E-state index in [9.17, 15) is 9.59 Å². The van der Waals surface area contributed by atoms with Gasteiger partial charge in [-0.25, -0.2) is 0 Å². The summed E-state index contributed by atoms with van der Waals surface area (Å²) in [6.45, 7) is -0.0530. The van der Waals surface area contributed by atoms with Crippen LogP contribution >= 0.6 is 0 Å². The quantitative estimate of drug-likeness (QED) is 0.877. The third-order valence-electron chi connectivity index (χ3n) is 2.50. The summed E-state index contributed by atoms with van der Waals surface area (Å²) in [4.78, 5) is 23.3. The van der Waals surface area contributed by atoms with Gasteiger partial charge in [-0.3, -0.25) is 9.59 Å². The number of hydrogen-bond acceptors (Lipinski definition) is 2. The van der Waals surface area contributed by atoms with Gasteiger partial charge in [-0.2, -0.15) is 0 Å². The van der Waals surface area contributed by atoms with E-state index in [4.69, 9.17) is 0 Å². The molecule has 0 unspecified atom stereocenters. The fourth-order valence-corrected chi connectivity index (χ4v) is 1.58. The minimum absolute atomic E-state index is 0.0530. The van der Waals surface area contributed by atoms with Gasteiger partial charge >= 0.3 is 0 Å². The summed E-state index contributed by atoms with van der Waals surface area (Å²) in [6.07, 6.45) is 0. The van der Waals surface area contributed by atoms with Crippen LogP contribution in [0.15, 0.2) is 60.7 Å². The fraction of sp³-hybridized carbons (Fsp3) is 0.0667. The van der Waals surface area contributed by atoms with Crippen molar-refractivity contribution in [3.63, 3.8) is 0 Å². The van der Waals surface area contributed by atoms with E-state index in [-0.39, 0.29) is 18.4 Å². The summed E-state index contributed by atoms with van der Waals surface area (Å²) in [7, 11) is 0. The highest BCUT2D eigenvalue weighted by molar-refractivity contribution is 5.99. The summed E-state index contributed by atoms with van der Waals surface area (Å²) >= 11 is 0. The molecule has 0 radical (unpaired) electrons. The summed E-state index contributed by atoms with van der Waals surface area (Å²) in [6, 6.07) is 17.9. The van der Waals surface area contributed by atoms with Crippen LogP contribution in [0.3, 0.4) is 0 Å². The van der Waals surface area contributed by atoms with Crippen molar-refractivity contribution in [2.45, 2.75) is 0 Å². The molecule has 0 bridgehead atoms. The lowest BCUT2D eigenvalue weighted by Gasteiger charge is -2.06. The first-order valence-corrected chi connectivity index (χ1v) is 5.94. The maximum Gasteiger partial charge on any atom is 0.251 e. The van der Waals surface area contributed by atoms with Crippen LogP contribution in [0.1, 0.15) is 10.4 Å². The lowest BCUT2D eigenvalue weighted by molar-refractivity contribution is -0.115. The predicted octanol–water partition coefficient (Wildman–Crippen LogP) is 2.06. The third kappa shape index (κ3) is 3.96. The second-order valence-corrected chi connectivity index (χ2v) is 3.96. The molecule has 2 rings (SSSR count). The molecule has 0 spiro atoms. The van der Waals surface area contributed by atoms with E-state index in [1.54, 1.807) is 36.4 Å². The molecule has 0 aromatic heterocycles. The molecule has 4 heteroatoms. The minimum Gasteiger partial charge on any atom is -0.343 e. The van der Waals surface area contributed by atoms with Crippen LogP contribution in [-0.4, -0.2) is 18.4 Å². The molecule has 19 heavy (non-hydrogen) atoms. The van der Waals surface area contributed by atoms with Crippen molar-refractivity contribution in [1.29, 1.82) is 0 Å². The van der Waals surface area contributed by atoms with Crippen LogP contribution < -0.4 is 10.6 Å². The Hall–Kier alpha value is -2.62. The van der Waals surface area contributed by atoms with Crippen molar-refractivity contribution in [2.75, 3.05) is 11.9 Å².